The van der Waals surface area contributed by atoms with E-state index in [4.69, 9.17) is 11.6 Å². The molecule has 1 atom stereocenters. The van der Waals surface area contributed by atoms with Crippen LogP contribution >= 0.6 is 11.6 Å². The summed E-state index contributed by atoms with van der Waals surface area (Å²) in [4.78, 5) is 13.4. The van der Waals surface area contributed by atoms with Crippen molar-refractivity contribution in [3.8, 4) is 0 Å². The Labute approximate surface area is 126 Å². The van der Waals surface area contributed by atoms with Gasteiger partial charge in [-0.3, -0.25) is 4.79 Å². The van der Waals surface area contributed by atoms with Crippen LogP contribution in [-0.4, -0.2) is 13.0 Å². The van der Waals surface area contributed by atoms with Crippen molar-refractivity contribution >= 4 is 23.2 Å². The quantitative estimate of drug-likeness (QED) is 0.750. The van der Waals surface area contributed by atoms with E-state index in [2.05, 4.69) is 12.1 Å². The van der Waals surface area contributed by atoms with Crippen molar-refractivity contribution in [1.29, 1.82) is 0 Å². The van der Waals surface area contributed by atoms with Crippen LogP contribution in [0, 0.1) is 5.92 Å². The van der Waals surface area contributed by atoms with Gasteiger partial charge in [0.05, 0.1) is 11.8 Å². The Hall–Kier alpha value is -1.02. The van der Waals surface area contributed by atoms with E-state index in [1.807, 2.05) is 13.1 Å². The molecule has 0 saturated heterocycles. The van der Waals surface area contributed by atoms with E-state index >= 15 is 0 Å². The zero-order chi connectivity index (χ0) is 14.1. The van der Waals surface area contributed by atoms with E-state index in [-0.39, 0.29) is 11.3 Å². The first-order chi connectivity index (χ1) is 9.65. The first-order valence-electron chi connectivity index (χ1n) is 7.68. The van der Waals surface area contributed by atoms with Crippen LogP contribution in [0.5, 0.6) is 0 Å². The topological polar surface area (TPSA) is 20.3 Å². The molecule has 1 heterocycles. The molecule has 2 aliphatic rings. The fourth-order valence-electron chi connectivity index (χ4n) is 3.53. The molecule has 0 radical (unpaired) electrons. The largest absolute Gasteiger partial charge is 0.315 e. The lowest BCUT2D eigenvalue weighted by molar-refractivity contribution is -0.117. The fourth-order valence-corrected chi connectivity index (χ4v) is 3.79. The van der Waals surface area contributed by atoms with Crippen LogP contribution in [0.1, 0.15) is 55.0 Å². The Morgan fingerprint density at radius 3 is 2.85 bits per heavy atom. The van der Waals surface area contributed by atoms with Crippen LogP contribution in [0.25, 0.3) is 0 Å². The lowest BCUT2D eigenvalue weighted by Crippen LogP contribution is -2.20. The summed E-state index contributed by atoms with van der Waals surface area (Å²) in [6.45, 7) is 0. The van der Waals surface area contributed by atoms with Gasteiger partial charge in [-0.1, -0.05) is 37.8 Å². The zero-order valence-corrected chi connectivity index (χ0v) is 12.8. The Kier molecular flexibility index (Phi) is 4.02. The number of rotatable bonds is 4. The van der Waals surface area contributed by atoms with Crippen LogP contribution < -0.4 is 4.90 Å². The number of carbonyl (C=O) groups excluding carboxylic acids is 1. The van der Waals surface area contributed by atoms with E-state index in [9.17, 15) is 4.79 Å². The number of fused-ring (bicyclic) bond motifs is 1. The monoisotopic (exact) mass is 291 g/mol. The summed E-state index contributed by atoms with van der Waals surface area (Å²) in [5.74, 6) is 1.06. The number of likely N-dealkylation sites (N-methyl/N-ethyl adjacent to an activating group) is 1. The number of nitrogens with zero attached hydrogens (tertiary/aromatic N) is 1. The highest BCUT2D eigenvalue weighted by Gasteiger charge is 2.25. The van der Waals surface area contributed by atoms with Crippen molar-refractivity contribution in [2.75, 3.05) is 11.9 Å². The molecule has 108 valence electrons. The number of amides is 1. The second-order valence-electron chi connectivity index (χ2n) is 6.21. The molecule has 20 heavy (non-hydrogen) atoms. The minimum Gasteiger partial charge on any atom is -0.315 e. The summed E-state index contributed by atoms with van der Waals surface area (Å²) in [6, 6.07) is 6.25. The molecule has 2 nitrogen and oxygen atoms in total. The number of hydrogen-bond acceptors (Lipinski definition) is 1. The van der Waals surface area contributed by atoms with Crippen LogP contribution in [0.15, 0.2) is 18.2 Å². The average Bonchev–Trinajstić information content (AvgIpc) is 3.05. The number of carbonyl (C=O) groups is 1. The van der Waals surface area contributed by atoms with Gasteiger partial charge in [0, 0.05) is 12.7 Å². The first kappa shape index (κ1) is 13.9. The van der Waals surface area contributed by atoms with E-state index in [1.165, 1.54) is 37.7 Å². The second-order valence-corrected chi connectivity index (χ2v) is 6.74. The maximum absolute atomic E-state index is 11.7. The third-order valence-electron chi connectivity index (χ3n) is 4.85. The van der Waals surface area contributed by atoms with Gasteiger partial charge < -0.3 is 4.90 Å². The molecule has 1 aliphatic carbocycles. The number of benzene rings is 1. The van der Waals surface area contributed by atoms with Gasteiger partial charge >= 0.3 is 0 Å². The lowest BCUT2D eigenvalue weighted by Gasteiger charge is -2.15. The molecule has 3 rings (SSSR count). The molecule has 0 bridgehead atoms. The SMILES string of the molecule is CN1C(=O)Cc2cc(C(Cl)CCC3CCCC3)ccc21. The lowest BCUT2D eigenvalue weighted by atomic mass is 9.97. The number of hydrogen-bond donors (Lipinski definition) is 0. The van der Waals surface area contributed by atoms with Crippen molar-refractivity contribution in [3.05, 3.63) is 29.3 Å². The van der Waals surface area contributed by atoms with Gasteiger partial charge in [-0.25, -0.2) is 0 Å². The predicted octanol–water partition coefficient (Wildman–Crippen LogP) is 4.46. The maximum atomic E-state index is 11.7. The smallest absolute Gasteiger partial charge is 0.231 e. The second kappa shape index (κ2) is 5.77. The molecule has 1 amide bonds. The highest BCUT2D eigenvalue weighted by molar-refractivity contribution is 6.20. The molecule has 1 unspecified atom stereocenters. The number of alkyl halides is 1. The minimum atomic E-state index is 0.0851. The van der Waals surface area contributed by atoms with E-state index in [0.717, 1.165) is 23.6 Å². The summed E-state index contributed by atoms with van der Waals surface area (Å²) in [5.41, 5.74) is 3.34. The van der Waals surface area contributed by atoms with Gasteiger partial charge in [-0.05, 0) is 36.0 Å². The summed E-state index contributed by atoms with van der Waals surface area (Å²) in [7, 11) is 1.84. The molecule has 1 aromatic carbocycles. The highest BCUT2D eigenvalue weighted by Crippen LogP contribution is 2.36. The van der Waals surface area contributed by atoms with Gasteiger partial charge in [0.25, 0.3) is 0 Å². The van der Waals surface area contributed by atoms with Gasteiger partial charge in [0.2, 0.25) is 5.91 Å². The maximum Gasteiger partial charge on any atom is 0.231 e. The summed E-state index contributed by atoms with van der Waals surface area (Å²) >= 11 is 6.56. The summed E-state index contributed by atoms with van der Waals surface area (Å²) in [5, 5.41) is 0.0851. The van der Waals surface area contributed by atoms with Crippen LogP contribution in [0.2, 0.25) is 0 Å². The Morgan fingerprint density at radius 1 is 1.35 bits per heavy atom. The van der Waals surface area contributed by atoms with Crippen LogP contribution in [-0.2, 0) is 11.2 Å². The number of halogens is 1. The molecule has 0 N–H and O–H groups in total. The van der Waals surface area contributed by atoms with Crippen molar-refractivity contribution in [1.82, 2.24) is 0 Å². The molecule has 1 aromatic rings. The highest BCUT2D eigenvalue weighted by atomic mass is 35.5. The third kappa shape index (κ3) is 2.71. The standard InChI is InChI=1S/C17H22ClNO/c1-19-16-9-7-13(10-14(16)11-17(19)20)15(18)8-6-12-4-2-3-5-12/h7,9-10,12,15H,2-6,8,11H2,1H3. The molecule has 3 heteroatoms. The van der Waals surface area contributed by atoms with Crippen LogP contribution in [0.3, 0.4) is 0 Å². The van der Waals surface area contributed by atoms with Gasteiger partial charge in [-0.15, -0.1) is 11.6 Å². The molecule has 0 aromatic heterocycles. The average molecular weight is 292 g/mol. The number of anilines is 1. The zero-order valence-electron chi connectivity index (χ0n) is 12.1. The normalized spacial score (nSPS) is 20.5. The molecule has 1 fully saturated rings. The minimum absolute atomic E-state index is 0.0851. The van der Waals surface area contributed by atoms with Gasteiger partial charge in [-0.2, -0.15) is 0 Å². The van der Waals surface area contributed by atoms with Gasteiger partial charge in [0.1, 0.15) is 0 Å². The Bertz CT molecular complexity index is 508. The molecule has 0 spiro atoms. The molecule has 1 aliphatic heterocycles. The first-order valence-corrected chi connectivity index (χ1v) is 8.12. The summed E-state index contributed by atoms with van der Waals surface area (Å²) in [6.07, 6.45) is 8.36. The van der Waals surface area contributed by atoms with Crippen molar-refractivity contribution in [2.24, 2.45) is 5.92 Å². The predicted molar refractivity (Wildman–Crippen MR) is 83.3 cm³/mol. The van der Waals surface area contributed by atoms with Gasteiger partial charge in [0.15, 0.2) is 0 Å². The van der Waals surface area contributed by atoms with E-state index in [0.29, 0.717) is 6.42 Å². The Balaban J connectivity index is 1.65. The third-order valence-corrected chi connectivity index (χ3v) is 5.32. The fraction of sp³-hybridized carbons (Fsp3) is 0.588. The summed E-state index contributed by atoms with van der Waals surface area (Å²) < 4.78 is 0. The molecular formula is C17H22ClNO. The van der Waals surface area contributed by atoms with Crippen molar-refractivity contribution in [2.45, 2.75) is 50.3 Å². The van der Waals surface area contributed by atoms with Crippen molar-refractivity contribution in [3.63, 3.8) is 0 Å². The van der Waals surface area contributed by atoms with E-state index in [1.54, 1.807) is 4.90 Å². The molecular weight excluding hydrogens is 270 g/mol. The van der Waals surface area contributed by atoms with E-state index < -0.39 is 0 Å². The van der Waals surface area contributed by atoms with Crippen LogP contribution in [0.4, 0.5) is 5.69 Å². The van der Waals surface area contributed by atoms with Crippen molar-refractivity contribution < 1.29 is 4.79 Å². The molecule has 1 saturated carbocycles. The Morgan fingerprint density at radius 2 is 2.10 bits per heavy atom.